The standard InChI is InChI=1S/C23H21N5O2S2/c1-3-16-9-11-18(12-10-16)32(29,30)23-22-24-21(27(2)15-17-7-5-4-6-8-17)20-19(13-14-31-20)28(22)26-25-23/h4-14H,3,15H2,1-2H3. The molecule has 0 aliphatic heterocycles. The number of rotatable bonds is 6. The van der Waals surface area contributed by atoms with Crippen molar-refractivity contribution in [1.29, 1.82) is 0 Å². The molecule has 0 bridgehead atoms. The van der Waals surface area contributed by atoms with Gasteiger partial charge in [0.2, 0.25) is 14.9 Å². The van der Waals surface area contributed by atoms with Gasteiger partial charge in [0, 0.05) is 13.6 Å². The maximum Gasteiger partial charge on any atom is 0.229 e. The van der Waals surface area contributed by atoms with Gasteiger partial charge in [-0.1, -0.05) is 54.6 Å². The summed E-state index contributed by atoms with van der Waals surface area (Å²) >= 11 is 1.54. The predicted molar refractivity (Wildman–Crippen MR) is 126 cm³/mol. The first-order valence-corrected chi connectivity index (χ1v) is 12.6. The first-order chi connectivity index (χ1) is 15.5. The third-order valence-electron chi connectivity index (χ3n) is 5.43. The summed E-state index contributed by atoms with van der Waals surface area (Å²) in [7, 11) is -1.92. The molecule has 0 aliphatic carbocycles. The van der Waals surface area contributed by atoms with Crippen LogP contribution in [-0.4, -0.2) is 35.3 Å². The molecule has 0 saturated heterocycles. The van der Waals surface area contributed by atoms with Crippen LogP contribution in [0.4, 0.5) is 5.82 Å². The Labute approximate surface area is 189 Å². The largest absolute Gasteiger partial charge is 0.354 e. The number of anilines is 1. The van der Waals surface area contributed by atoms with Crippen LogP contribution in [0.5, 0.6) is 0 Å². The van der Waals surface area contributed by atoms with E-state index in [-0.39, 0.29) is 15.6 Å². The van der Waals surface area contributed by atoms with Crippen molar-refractivity contribution in [2.45, 2.75) is 29.8 Å². The summed E-state index contributed by atoms with van der Waals surface area (Å²) in [6.45, 7) is 2.67. The second-order valence-electron chi connectivity index (χ2n) is 7.54. The molecular formula is C23H21N5O2S2. The van der Waals surface area contributed by atoms with Crippen molar-refractivity contribution in [1.82, 2.24) is 19.8 Å². The number of hydrogen-bond donors (Lipinski definition) is 0. The Hall–Kier alpha value is -3.30. The highest BCUT2D eigenvalue weighted by Gasteiger charge is 2.28. The van der Waals surface area contributed by atoms with E-state index in [0.717, 1.165) is 27.8 Å². The lowest BCUT2D eigenvalue weighted by Gasteiger charge is -2.19. The third kappa shape index (κ3) is 3.43. The smallest absolute Gasteiger partial charge is 0.229 e. The van der Waals surface area contributed by atoms with E-state index < -0.39 is 9.84 Å². The van der Waals surface area contributed by atoms with E-state index in [0.29, 0.717) is 12.4 Å². The molecule has 0 amide bonds. The summed E-state index contributed by atoms with van der Waals surface area (Å²) in [4.78, 5) is 6.96. The lowest BCUT2D eigenvalue weighted by molar-refractivity contribution is 0.592. The molecule has 0 saturated carbocycles. The zero-order chi connectivity index (χ0) is 22.3. The van der Waals surface area contributed by atoms with Crippen LogP contribution in [0.25, 0.3) is 15.9 Å². The van der Waals surface area contributed by atoms with Crippen LogP contribution in [0, 0.1) is 0 Å². The fraction of sp³-hybridized carbons (Fsp3) is 0.174. The van der Waals surface area contributed by atoms with E-state index in [1.807, 2.05) is 60.6 Å². The molecule has 9 heteroatoms. The molecule has 0 unspecified atom stereocenters. The fourth-order valence-electron chi connectivity index (χ4n) is 3.69. The zero-order valence-electron chi connectivity index (χ0n) is 17.6. The summed E-state index contributed by atoms with van der Waals surface area (Å²) in [6.07, 6.45) is 0.837. The number of fused-ring (bicyclic) bond motifs is 3. The van der Waals surface area contributed by atoms with Gasteiger partial charge in [0.15, 0.2) is 11.5 Å². The normalized spacial score (nSPS) is 11.9. The monoisotopic (exact) mass is 463 g/mol. The zero-order valence-corrected chi connectivity index (χ0v) is 19.3. The highest BCUT2D eigenvalue weighted by atomic mass is 32.2. The third-order valence-corrected chi connectivity index (χ3v) is 7.99. The topological polar surface area (TPSA) is 80.5 Å². The van der Waals surface area contributed by atoms with Crippen molar-refractivity contribution in [3.8, 4) is 0 Å². The molecule has 5 aromatic rings. The summed E-state index contributed by atoms with van der Waals surface area (Å²) in [5.41, 5.74) is 3.21. The Morgan fingerprint density at radius 3 is 2.47 bits per heavy atom. The molecule has 0 fully saturated rings. The first kappa shape index (κ1) is 20.6. The van der Waals surface area contributed by atoms with E-state index in [1.165, 1.54) is 4.52 Å². The van der Waals surface area contributed by atoms with Gasteiger partial charge >= 0.3 is 0 Å². The van der Waals surface area contributed by atoms with Crippen LogP contribution in [0.3, 0.4) is 0 Å². The van der Waals surface area contributed by atoms with E-state index in [9.17, 15) is 8.42 Å². The highest BCUT2D eigenvalue weighted by molar-refractivity contribution is 7.91. The van der Waals surface area contributed by atoms with Crippen molar-refractivity contribution in [2.75, 3.05) is 11.9 Å². The van der Waals surface area contributed by atoms with Crippen molar-refractivity contribution in [2.24, 2.45) is 0 Å². The van der Waals surface area contributed by atoms with Crippen molar-refractivity contribution < 1.29 is 8.42 Å². The van der Waals surface area contributed by atoms with Crippen LogP contribution in [0.2, 0.25) is 0 Å². The molecular weight excluding hydrogens is 442 g/mol. The number of aryl methyl sites for hydroxylation is 1. The summed E-state index contributed by atoms with van der Waals surface area (Å²) in [5.74, 6) is 0.700. The van der Waals surface area contributed by atoms with Gasteiger partial charge in [-0.3, -0.25) is 0 Å². The maximum absolute atomic E-state index is 13.4. The number of sulfone groups is 1. The van der Waals surface area contributed by atoms with Gasteiger partial charge in [0.05, 0.1) is 15.1 Å². The summed E-state index contributed by atoms with van der Waals surface area (Å²) in [5, 5.41) is 10.0. The summed E-state index contributed by atoms with van der Waals surface area (Å²) in [6, 6.07) is 18.9. The summed E-state index contributed by atoms with van der Waals surface area (Å²) < 4.78 is 29.2. The number of thiophene rings is 1. The van der Waals surface area contributed by atoms with Crippen molar-refractivity contribution in [3.05, 3.63) is 77.2 Å². The van der Waals surface area contributed by atoms with Gasteiger partial charge in [-0.15, -0.1) is 16.4 Å². The molecule has 3 heterocycles. The molecule has 0 N–H and O–H groups in total. The Balaban J connectivity index is 1.65. The molecule has 162 valence electrons. The minimum Gasteiger partial charge on any atom is -0.354 e. The van der Waals surface area contributed by atoms with Gasteiger partial charge in [0.1, 0.15) is 0 Å². The Kier molecular flexibility index (Phi) is 5.15. The maximum atomic E-state index is 13.4. The number of nitrogens with zero attached hydrogens (tertiary/aromatic N) is 5. The Morgan fingerprint density at radius 2 is 1.75 bits per heavy atom. The average molecular weight is 464 g/mol. The SMILES string of the molecule is CCc1ccc(S(=O)(=O)c2nnn3c2nc(N(C)Cc2ccccc2)c2sccc23)cc1. The lowest BCUT2D eigenvalue weighted by Crippen LogP contribution is -2.18. The number of benzene rings is 2. The molecule has 0 radical (unpaired) electrons. The van der Waals surface area contributed by atoms with E-state index in [4.69, 9.17) is 4.98 Å². The van der Waals surface area contributed by atoms with Gasteiger partial charge in [-0.2, -0.15) is 4.52 Å². The first-order valence-electron chi connectivity index (χ1n) is 10.2. The predicted octanol–water partition coefficient (Wildman–Crippen LogP) is 4.37. The molecule has 3 aromatic heterocycles. The quantitative estimate of drug-likeness (QED) is 0.372. The minimum absolute atomic E-state index is 0.135. The van der Waals surface area contributed by atoms with E-state index >= 15 is 0 Å². The second-order valence-corrected chi connectivity index (χ2v) is 10.3. The van der Waals surface area contributed by atoms with Crippen LogP contribution >= 0.6 is 11.3 Å². The van der Waals surface area contributed by atoms with Gasteiger partial charge in [-0.05, 0) is 41.1 Å². The molecule has 0 atom stereocenters. The lowest BCUT2D eigenvalue weighted by atomic mass is 10.2. The molecule has 2 aromatic carbocycles. The van der Waals surface area contributed by atoms with Crippen molar-refractivity contribution in [3.63, 3.8) is 0 Å². The molecule has 32 heavy (non-hydrogen) atoms. The average Bonchev–Trinajstić information content (AvgIpc) is 3.46. The second kappa shape index (κ2) is 7.99. The van der Waals surface area contributed by atoms with E-state index in [2.05, 4.69) is 22.4 Å². The molecule has 0 spiro atoms. The van der Waals surface area contributed by atoms with Crippen LogP contribution in [0.1, 0.15) is 18.1 Å². The Bertz CT molecular complexity index is 1510. The molecule has 7 nitrogen and oxygen atoms in total. The van der Waals surface area contributed by atoms with Crippen molar-refractivity contribution >= 4 is 42.9 Å². The van der Waals surface area contributed by atoms with Gasteiger partial charge in [0.25, 0.3) is 0 Å². The minimum atomic E-state index is -3.87. The highest BCUT2D eigenvalue weighted by Crippen LogP contribution is 2.33. The van der Waals surface area contributed by atoms with Crippen LogP contribution in [-0.2, 0) is 22.8 Å². The van der Waals surface area contributed by atoms with E-state index in [1.54, 1.807) is 23.5 Å². The number of aromatic nitrogens is 4. The molecule has 5 rings (SSSR count). The number of hydrogen-bond acceptors (Lipinski definition) is 7. The van der Waals surface area contributed by atoms with Crippen LogP contribution in [0.15, 0.2) is 76.0 Å². The van der Waals surface area contributed by atoms with Crippen LogP contribution < -0.4 is 4.90 Å². The Morgan fingerprint density at radius 1 is 1.00 bits per heavy atom. The fourth-order valence-corrected chi connectivity index (χ4v) is 5.84. The molecule has 0 aliphatic rings. The van der Waals surface area contributed by atoms with Gasteiger partial charge in [-0.25, -0.2) is 13.4 Å². The van der Waals surface area contributed by atoms with Gasteiger partial charge < -0.3 is 4.90 Å².